The standard InChI is InChI=1S/C32H46F4/c1-2-3-4-5-23-6-8-24(9-7-23)25-10-12-26(13-11-25)27-14-16-28(17-15-27)29-18-20-30(21-19-29)31(33)22-32(34,35)36/h10-13,22-24,27-30H,2-9,14-21H2,1H3/b31-22-. The minimum Gasteiger partial charge on any atom is -0.212 e. The van der Waals surface area contributed by atoms with Crippen LogP contribution in [0.3, 0.4) is 0 Å². The van der Waals surface area contributed by atoms with Gasteiger partial charge >= 0.3 is 6.18 Å². The highest BCUT2D eigenvalue weighted by atomic mass is 19.4. The molecule has 3 saturated carbocycles. The molecule has 0 bridgehead atoms. The lowest BCUT2D eigenvalue weighted by molar-refractivity contribution is -0.0821. The van der Waals surface area contributed by atoms with Gasteiger partial charge in [-0.3, -0.25) is 0 Å². The third kappa shape index (κ3) is 7.84. The highest BCUT2D eigenvalue weighted by molar-refractivity contribution is 5.28. The van der Waals surface area contributed by atoms with Crippen LogP contribution in [0.2, 0.25) is 0 Å². The number of benzene rings is 1. The highest BCUT2D eigenvalue weighted by Crippen LogP contribution is 2.46. The number of hydrogen-bond donors (Lipinski definition) is 0. The molecular formula is C32H46F4. The molecule has 0 heterocycles. The molecule has 0 unspecified atom stereocenters. The third-order valence-electron chi connectivity index (χ3n) is 9.84. The zero-order chi connectivity index (χ0) is 25.5. The van der Waals surface area contributed by atoms with E-state index >= 15 is 0 Å². The Hall–Kier alpha value is -1.32. The Kier molecular flexibility index (Phi) is 9.98. The second-order valence-corrected chi connectivity index (χ2v) is 12.2. The zero-order valence-electron chi connectivity index (χ0n) is 22.2. The molecule has 0 aromatic heterocycles. The summed E-state index contributed by atoms with van der Waals surface area (Å²) in [5, 5.41) is 0. The highest BCUT2D eigenvalue weighted by Gasteiger charge is 2.34. The molecule has 3 aliphatic carbocycles. The van der Waals surface area contributed by atoms with E-state index in [0.29, 0.717) is 30.6 Å². The topological polar surface area (TPSA) is 0 Å². The van der Waals surface area contributed by atoms with Crippen LogP contribution >= 0.6 is 0 Å². The van der Waals surface area contributed by atoms with Crippen LogP contribution in [0.1, 0.15) is 133 Å². The summed E-state index contributed by atoms with van der Waals surface area (Å²) in [6.45, 7) is 2.28. The van der Waals surface area contributed by atoms with Crippen LogP contribution in [0.5, 0.6) is 0 Å². The van der Waals surface area contributed by atoms with E-state index in [2.05, 4.69) is 31.2 Å². The predicted molar refractivity (Wildman–Crippen MR) is 141 cm³/mol. The van der Waals surface area contributed by atoms with Gasteiger partial charge < -0.3 is 0 Å². The van der Waals surface area contributed by atoms with Crippen LogP contribution in [-0.2, 0) is 0 Å². The predicted octanol–water partition coefficient (Wildman–Crippen LogP) is 11.0. The molecule has 0 nitrogen and oxygen atoms in total. The van der Waals surface area contributed by atoms with Crippen LogP contribution in [0, 0.1) is 23.7 Å². The van der Waals surface area contributed by atoms with Gasteiger partial charge in [0.1, 0.15) is 5.83 Å². The number of unbranched alkanes of at least 4 members (excludes halogenated alkanes) is 2. The van der Waals surface area contributed by atoms with E-state index in [1.807, 2.05) is 0 Å². The summed E-state index contributed by atoms with van der Waals surface area (Å²) in [5.41, 5.74) is 3.01. The van der Waals surface area contributed by atoms with Crippen molar-refractivity contribution in [2.75, 3.05) is 0 Å². The first-order chi connectivity index (χ1) is 17.3. The van der Waals surface area contributed by atoms with E-state index in [-0.39, 0.29) is 6.08 Å². The van der Waals surface area contributed by atoms with Crippen LogP contribution in [0.25, 0.3) is 0 Å². The van der Waals surface area contributed by atoms with Crippen molar-refractivity contribution in [1.29, 1.82) is 0 Å². The summed E-state index contributed by atoms with van der Waals surface area (Å²) in [7, 11) is 0. The SMILES string of the molecule is CCCCCC1CCC(c2ccc(C3CCC(C4CCC(/C(F)=C/C(F)(F)F)CC4)CC3)cc2)CC1. The molecule has 0 N–H and O–H groups in total. The largest absolute Gasteiger partial charge is 0.412 e. The number of allylic oxidation sites excluding steroid dienone is 2. The molecule has 202 valence electrons. The van der Waals surface area contributed by atoms with Crippen molar-refractivity contribution in [2.24, 2.45) is 23.7 Å². The molecule has 0 saturated heterocycles. The molecular weight excluding hydrogens is 460 g/mol. The van der Waals surface area contributed by atoms with Crippen LogP contribution < -0.4 is 0 Å². The Bertz CT molecular complexity index is 800. The summed E-state index contributed by atoms with van der Waals surface area (Å²) in [6.07, 6.45) is 14.0. The number of halogens is 4. The van der Waals surface area contributed by atoms with Gasteiger partial charge in [0.25, 0.3) is 0 Å². The Balaban J connectivity index is 1.19. The molecule has 0 spiro atoms. The van der Waals surface area contributed by atoms with Gasteiger partial charge in [-0.15, -0.1) is 0 Å². The summed E-state index contributed by atoms with van der Waals surface area (Å²) >= 11 is 0. The molecule has 0 amide bonds. The van der Waals surface area contributed by atoms with Crippen molar-refractivity contribution in [3.05, 3.63) is 47.3 Å². The quantitative estimate of drug-likeness (QED) is 0.243. The fourth-order valence-electron chi connectivity index (χ4n) is 7.57. The fraction of sp³-hybridized carbons (Fsp3) is 0.750. The van der Waals surface area contributed by atoms with Crippen molar-refractivity contribution < 1.29 is 17.6 Å². The lowest BCUT2D eigenvalue weighted by Gasteiger charge is -2.38. The van der Waals surface area contributed by atoms with Gasteiger partial charge in [-0.05, 0) is 118 Å². The van der Waals surface area contributed by atoms with E-state index in [1.54, 1.807) is 0 Å². The third-order valence-corrected chi connectivity index (χ3v) is 9.84. The van der Waals surface area contributed by atoms with Gasteiger partial charge in [0.2, 0.25) is 0 Å². The van der Waals surface area contributed by atoms with E-state index in [9.17, 15) is 17.6 Å². The zero-order valence-corrected chi connectivity index (χ0v) is 22.2. The summed E-state index contributed by atoms with van der Waals surface area (Å²) in [6, 6.07) is 9.56. The first-order valence-corrected chi connectivity index (χ1v) is 14.9. The lowest BCUT2D eigenvalue weighted by Crippen LogP contribution is -2.26. The minimum absolute atomic E-state index is 0.131. The van der Waals surface area contributed by atoms with Crippen molar-refractivity contribution in [3.8, 4) is 0 Å². The number of rotatable bonds is 8. The van der Waals surface area contributed by atoms with E-state index in [4.69, 9.17) is 0 Å². The van der Waals surface area contributed by atoms with Crippen LogP contribution in [0.15, 0.2) is 36.2 Å². The smallest absolute Gasteiger partial charge is 0.212 e. The van der Waals surface area contributed by atoms with Crippen molar-refractivity contribution in [3.63, 3.8) is 0 Å². The van der Waals surface area contributed by atoms with Gasteiger partial charge in [0.05, 0.1) is 6.08 Å². The summed E-state index contributed by atoms with van der Waals surface area (Å²) < 4.78 is 51.4. The fourth-order valence-corrected chi connectivity index (χ4v) is 7.57. The molecule has 36 heavy (non-hydrogen) atoms. The van der Waals surface area contributed by atoms with Gasteiger partial charge in [-0.2, -0.15) is 13.2 Å². The molecule has 3 fully saturated rings. The first kappa shape index (κ1) is 27.7. The maximum atomic E-state index is 14.0. The molecule has 4 rings (SSSR count). The molecule has 4 heteroatoms. The summed E-state index contributed by atoms with van der Waals surface area (Å²) in [5.74, 6) is 2.04. The Labute approximate surface area is 216 Å². The molecule has 0 atom stereocenters. The molecule has 0 aliphatic heterocycles. The van der Waals surface area contributed by atoms with Crippen LogP contribution in [-0.4, -0.2) is 6.18 Å². The van der Waals surface area contributed by atoms with E-state index in [0.717, 1.165) is 24.7 Å². The van der Waals surface area contributed by atoms with Crippen LogP contribution in [0.4, 0.5) is 17.6 Å². The Morgan fingerprint density at radius 3 is 1.67 bits per heavy atom. The second-order valence-electron chi connectivity index (χ2n) is 12.2. The summed E-state index contributed by atoms with van der Waals surface area (Å²) in [4.78, 5) is 0. The van der Waals surface area contributed by atoms with Crippen molar-refractivity contribution in [2.45, 2.75) is 128 Å². The normalized spacial score (nSPS) is 32.4. The maximum absolute atomic E-state index is 14.0. The molecule has 0 radical (unpaired) electrons. The van der Waals surface area contributed by atoms with E-state index < -0.39 is 17.9 Å². The monoisotopic (exact) mass is 506 g/mol. The van der Waals surface area contributed by atoms with Gasteiger partial charge in [-0.1, -0.05) is 56.9 Å². The molecule has 1 aromatic rings. The Morgan fingerprint density at radius 2 is 1.19 bits per heavy atom. The maximum Gasteiger partial charge on any atom is 0.412 e. The molecule has 3 aliphatic rings. The minimum atomic E-state index is -4.55. The van der Waals surface area contributed by atoms with Gasteiger partial charge in [-0.25, -0.2) is 4.39 Å². The molecule has 1 aromatic carbocycles. The second kappa shape index (κ2) is 13.0. The lowest BCUT2D eigenvalue weighted by atomic mass is 9.68. The van der Waals surface area contributed by atoms with Gasteiger partial charge in [0.15, 0.2) is 0 Å². The average Bonchev–Trinajstić information content (AvgIpc) is 2.89. The number of hydrogen-bond acceptors (Lipinski definition) is 0. The van der Waals surface area contributed by atoms with Crippen molar-refractivity contribution >= 4 is 0 Å². The Morgan fingerprint density at radius 1 is 0.722 bits per heavy atom. The van der Waals surface area contributed by atoms with E-state index in [1.165, 1.54) is 88.2 Å². The number of alkyl halides is 3. The van der Waals surface area contributed by atoms with Gasteiger partial charge in [0, 0.05) is 5.92 Å². The average molecular weight is 507 g/mol. The van der Waals surface area contributed by atoms with Crippen molar-refractivity contribution in [1.82, 2.24) is 0 Å². The first-order valence-electron chi connectivity index (χ1n) is 14.9.